The van der Waals surface area contributed by atoms with E-state index >= 15 is 0 Å². The van der Waals surface area contributed by atoms with Gasteiger partial charge in [0.25, 0.3) is 11.8 Å². The summed E-state index contributed by atoms with van der Waals surface area (Å²) in [4.78, 5) is 40.0. The van der Waals surface area contributed by atoms with Crippen molar-refractivity contribution < 1.29 is 33.3 Å². The van der Waals surface area contributed by atoms with E-state index in [2.05, 4.69) is 27.9 Å². The molecule has 0 bridgehead atoms. The van der Waals surface area contributed by atoms with E-state index in [1.54, 1.807) is 12.1 Å². The first-order valence-corrected chi connectivity index (χ1v) is 14.0. The number of nitrogens with one attached hydrogen (secondary N) is 1. The van der Waals surface area contributed by atoms with E-state index in [-0.39, 0.29) is 27.8 Å². The Hall–Kier alpha value is -4.29. The maximum Gasteiger partial charge on any atom is 0.336 e. The number of carbonyl (C=O) groups excluding carboxylic acids is 3. The predicted octanol–water partition coefficient (Wildman–Crippen LogP) is 6.37. The van der Waals surface area contributed by atoms with Crippen LogP contribution in [0.25, 0.3) is 16.8 Å². The van der Waals surface area contributed by atoms with Gasteiger partial charge in [0.2, 0.25) is 0 Å². The van der Waals surface area contributed by atoms with Crippen molar-refractivity contribution in [3.63, 3.8) is 0 Å². The molecule has 1 aliphatic rings. The molecule has 4 amide bonds. The molecule has 5 rings (SSSR count). The van der Waals surface area contributed by atoms with Gasteiger partial charge in [-0.25, -0.2) is 9.69 Å². The third-order valence-corrected chi connectivity index (χ3v) is 7.71. The standard InChI is InChI=1S/C31H24ClIN2O7/c1-39-25-15-24(26(40-2)14-22(25)32)35-30(37)21(29(36)34-31(35)38)11-17-12-23(33)28(27(13-17)41-3)42-16-19-9-6-8-18-7-4-5-10-20(18)19/h4-15H,16H2,1-3H3,(H,34,36,38)/b21-11+. The van der Waals surface area contributed by atoms with E-state index in [1.807, 2.05) is 42.5 Å². The van der Waals surface area contributed by atoms with E-state index in [9.17, 15) is 14.4 Å². The maximum atomic E-state index is 13.6. The van der Waals surface area contributed by atoms with Crippen LogP contribution < -0.4 is 29.2 Å². The number of fused-ring (bicyclic) bond motifs is 1. The van der Waals surface area contributed by atoms with E-state index < -0.39 is 17.8 Å². The molecule has 0 unspecified atom stereocenters. The summed E-state index contributed by atoms with van der Waals surface area (Å²) in [5.74, 6) is -0.407. The van der Waals surface area contributed by atoms with Gasteiger partial charge in [0, 0.05) is 12.1 Å². The SMILES string of the molecule is COc1cc(N2C(=O)NC(=O)/C(=C\c3cc(I)c(OCc4cccc5ccccc45)c(OC)c3)C2=O)c(OC)cc1Cl. The van der Waals surface area contributed by atoms with Gasteiger partial charge >= 0.3 is 6.03 Å². The summed E-state index contributed by atoms with van der Waals surface area (Å²) < 4.78 is 23.1. The molecule has 4 aromatic rings. The number of ether oxygens (including phenoxy) is 4. The lowest BCUT2D eigenvalue weighted by Gasteiger charge is -2.28. The molecule has 0 radical (unpaired) electrons. The minimum absolute atomic E-state index is 0.0593. The molecule has 11 heteroatoms. The molecule has 42 heavy (non-hydrogen) atoms. The largest absolute Gasteiger partial charge is 0.495 e. The number of hydrogen-bond acceptors (Lipinski definition) is 7. The minimum Gasteiger partial charge on any atom is -0.495 e. The molecular formula is C31H24ClIN2O7. The van der Waals surface area contributed by atoms with Crippen molar-refractivity contribution in [1.82, 2.24) is 5.32 Å². The third-order valence-electron chi connectivity index (χ3n) is 6.61. The summed E-state index contributed by atoms with van der Waals surface area (Å²) in [6.07, 6.45) is 1.38. The number of barbiturate groups is 1. The number of benzene rings is 4. The van der Waals surface area contributed by atoms with Gasteiger partial charge in [0.1, 0.15) is 23.7 Å². The molecule has 4 aromatic carbocycles. The smallest absolute Gasteiger partial charge is 0.336 e. The topological polar surface area (TPSA) is 103 Å². The van der Waals surface area contributed by atoms with Crippen molar-refractivity contribution in [1.29, 1.82) is 0 Å². The number of methoxy groups -OCH3 is 3. The molecule has 0 saturated carbocycles. The van der Waals surface area contributed by atoms with Gasteiger partial charge in [-0.3, -0.25) is 14.9 Å². The number of imide groups is 2. The third kappa shape index (κ3) is 5.59. The first kappa shape index (κ1) is 29.2. The Morgan fingerprint density at radius 3 is 2.33 bits per heavy atom. The highest BCUT2D eigenvalue weighted by Gasteiger charge is 2.38. The van der Waals surface area contributed by atoms with Crippen LogP contribution in [-0.4, -0.2) is 39.2 Å². The monoisotopic (exact) mass is 698 g/mol. The molecule has 9 nitrogen and oxygen atoms in total. The van der Waals surface area contributed by atoms with Crippen LogP contribution in [0, 0.1) is 3.57 Å². The zero-order valence-electron chi connectivity index (χ0n) is 22.7. The quantitative estimate of drug-likeness (QED) is 0.130. The number of carbonyl (C=O) groups is 3. The van der Waals surface area contributed by atoms with Crippen LogP contribution in [0.4, 0.5) is 10.5 Å². The first-order valence-electron chi connectivity index (χ1n) is 12.6. The number of halogens is 2. The fourth-order valence-corrected chi connectivity index (χ4v) is 5.61. The predicted molar refractivity (Wildman–Crippen MR) is 168 cm³/mol. The number of anilines is 1. The Morgan fingerprint density at radius 2 is 1.60 bits per heavy atom. The van der Waals surface area contributed by atoms with Crippen molar-refractivity contribution in [3.05, 3.63) is 92.0 Å². The van der Waals surface area contributed by atoms with Crippen LogP contribution in [0.2, 0.25) is 5.02 Å². The van der Waals surface area contributed by atoms with Gasteiger partial charge in [0.15, 0.2) is 11.5 Å². The summed E-state index contributed by atoms with van der Waals surface area (Å²) in [5.41, 5.74) is 1.29. The van der Waals surface area contributed by atoms with Crippen LogP contribution in [-0.2, 0) is 16.2 Å². The van der Waals surface area contributed by atoms with E-state index in [0.717, 1.165) is 21.2 Å². The van der Waals surface area contributed by atoms with Crippen LogP contribution in [0.15, 0.2) is 72.3 Å². The number of hydrogen-bond donors (Lipinski definition) is 1. The summed E-state index contributed by atoms with van der Waals surface area (Å²) in [6, 6.07) is 19.4. The molecule has 0 atom stereocenters. The number of nitrogens with zero attached hydrogens (tertiary/aromatic N) is 1. The lowest BCUT2D eigenvalue weighted by molar-refractivity contribution is -0.122. The van der Waals surface area contributed by atoms with Gasteiger partial charge in [-0.1, -0.05) is 54.1 Å². The summed E-state index contributed by atoms with van der Waals surface area (Å²) >= 11 is 8.30. The van der Waals surface area contributed by atoms with Gasteiger partial charge in [0.05, 0.1) is 35.6 Å². The molecule has 1 heterocycles. The fourth-order valence-electron chi connectivity index (χ4n) is 4.59. The Bertz CT molecular complexity index is 1770. The lowest BCUT2D eigenvalue weighted by Crippen LogP contribution is -2.54. The van der Waals surface area contributed by atoms with Crippen LogP contribution in [0.3, 0.4) is 0 Å². The highest BCUT2D eigenvalue weighted by molar-refractivity contribution is 14.1. The van der Waals surface area contributed by atoms with Gasteiger partial charge in [-0.15, -0.1) is 0 Å². The van der Waals surface area contributed by atoms with Crippen molar-refractivity contribution in [2.75, 3.05) is 26.2 Å². The normalized spacial score (nSPS) is 14.3. The van der Waals surface area contributed by atoms with Crippen molar-refractivity contribution in [2.45, 2.75) is 6.61 Å². The number of urea groups is 1. The average Bonchev–Trinajstić information content (AvgIpc) is 2.98. The molecular weight excluding hydrogens is 675 g/mol. The second-order valence-corrected chi connectivity index (χ2v) is 10.6. The zero-order chi connectivity index (χ0) is 30.0. The summed E-state index contributed by atoms with van der Waals surface area (Å²) in [7, 11) is 4.27. The van der Waals surface area contributed by atoms with Crippen molar-refractivity contribution in [3.8, 4) is 23.0 Å². The van der Waals surface area contributed by atoms with Gasteiger partial charge in [-0.2, -0.15) is 0 Å². The van der Waals surface area contributed by atoms with Gasteiger partial charge in [-0.05, 0) is 62.7 Å². The summed E-state index contributed by atoms with van der Waals surface area (Å²) in [6.45, 7) is 0.304. The summed E-state index contributed by atoms with van der Waals surface area (Å²) in [5, 5.41) is 4.63. The second-order valence-electron chi connectivity index (χ2n) is 9.08. The molecule has 0 aromatic heterocycles. The van der Waals surface area contributed by atoms with E-state index in [1.165, 1.54) is 39.5 Å². The zero-order valence-corrected chi connectivity index (χ0v) is 25.6. The van der Waals surface area contributed by atoms with E-state index in [0.29, 0.717) is 27.2 Å². The Balaban J connectivity index is 1.47. The van der Waals surface area contributed by atoms with Crippen molar-refractivity contribution >= 4 is 74.6 Å². The Labute approximate surface area is 260 Å². The second kappa shape index (κ2) is 12.3. The lowest BCUT2D eigenvalue weighted by atomic mass is 10.1. The van der Waals surface area contributed by atoms with Gasteiger partial charge < -0.3 is 18.9 Å². The number of amides is 4. The average molecular weight is 699 g/mol. The first-order chi connectivity index (χ1) is 20.2. The Morgan fingerprint density at radius 1 is 0.881 bits per heavy atom. The molecule has 214 valence electrons. The highest BCUT2D eigenvalue weighted by atomic mass is 127. The van der Waals surface area contributed by atoms with Crippen molar-refractivity contribution in [2.24, 2.45) is 0 Å². The molecule has 1 fully saturated rings. The molecule has 1 N–H and O–H groups in total. The Kier molecular flexibility index (Phi) is 8.55. The van der Waals surface area contributed by atoms with Crippen LogP contribution in [0.1, 0.15) is 11.1 Å². The molecule has 1 aliphatic heterocycles. The molecule has 0 spiro atoms. The van der Waals surface area contributed by atoms with E-state index in [4.69, 9.17) is 30.5 Å². The van der Waals surface area contributed by atoms with Crippen LogP contribution >= 0.6 is 34.2 Å². The fraction of sp³-hybridized carbons (Fsp3) is 0.129. The molecule has 1 saturated heterocycles. The maximum absolute atomic E-state index is 13.6. The van der Waals surface area contributed by atoms with Crippen LogP contribution in [0.5, 0.6) is 23.0 Å². The minimum atomic E-state index is -0.936. The molecule has 0 aliphatic carbocycles. The highest BCUT2D eigenvalue weighted by Crippen LogP contribution is 2.40. The number of rotatable bonds is 8.